The zero-order valence-corrected chi connectivity index (χ0v) is 14.0. The van der Waals surface area contributed by atoms with Gasteiger partial charge in [-0.3, -0.25) is 5.01 Å². The fraction of sp³-hybridized carbons (Fsp3) is 0.263. The van der Waals surface area contributed by atoms with Crippen LogP contribution in [-0.2, 0) is 0 Å². The fourth-order valence-corrected chi connectivity index (χ4v) is 3.05. The van der Waals surface area contributed by atoms with Gasteiger partial charge in [0.2, 0.25) is 11.4 Å². The van der Waals surface area contributed by atoms with Crippen LogP contribution in [0.3, 0.4) is 0 Å². The van der Waals surface area contributed by atoms with Crippen LogP contribution in [0.25, 0.3) is 0 Å². The highest BCUT2D eigenvalue weighted by molar-refractivity contribution is 6.32. The van der Waals surface area contributed by atoms with E-state index in [9.17, 15) is 0 Å². The van der Waals surface area contributed by atoms with Crippen molar-refractivity contribution in [1.29, 1.82) is 0 Å². The van der Waals surface area contributed by atoms with Crippen molar-refractivity contribution in [3.05, 3.63) is 54.1 Å². The van der Waals surface area contributed by atoms with Gasteiger partial charge in [-0.05, 0) is 19.1 Å². The number of hydrazone groups is 1. The highest BCUT2D eigenvalue weighted by Gasteiger charge is 2.32. The number of hydrogen-bond acceptors (Lipinski definition) is 3. The molecule has 3 rings (SSSR count). The van der Waals surface area contributed by atoms with Gasteiger partial charge in [0.25, 0.3) is 0 Å². The number of nitrogens with zero attached hydrogens (tertiary/aromatic N) is 3. The van der Waals surface area contributed by atoms with Crippen molar-refractivity contribution in [3.8, 4) is 5.75 Å². The molecule has 2 aromatic carbocycles. The number of rotatable bonds is 4. The largest absolute Gasteiger partial charge is 0.495 e. The summed E-state index contributed by atoms with van der Waals surface area (Å²) in [5, 5.41) is 6.46. The Hall–Kier alpha value is -2.62. The summed E-state index contributed by atoms with van der Waals surface area (Å²) < 4.78 is 7.61. The van der Waals surface area contributed by atoms with E-state index in [0.717, 1.165) is 11.4 Å². The Kier molecular flexibility index (Phi) is 4.15. The van der Waals surface area contributed by atoms with Crippen LogP contribution >= 0.6 is 0 Å². The molecule has 0 saturated carbocycles. The topological polar surface area (TPSA) is 27.8 Å². The third-order valence-electron chi connectivity index (χ3n) is 4.39. The highest BCUT2D eigenvalue weighted by atomic mass is 16.5. The van der Waals surface area contributed by atoms with Crippen molar-refractivity contribution < 1.29 is 9.31 Å². The molecule has 118 valence electrons. The molecule has 4 heteroatoms. The molecule has 0 fully saturated rings. The standard InChI is InChI=1S/C19H22N3O/c1-14-15-9-5-6-10-16(15)21(2)18(14)13-20-22(3)17-11-7-8-12-19(17)23-4/h5-14H,1-4H3/q+1. The molecule has 1 heterocycles. The second kappa shape index (κ2) is 6.24. The van der Waals surface area contributed by atoms with Gasteiger partial charge in [0.05, 0.1) is 13.0 Å². The molecule has 0 amide bonds. The lowest BCUT2D eigenvalue weighted by molar-refractivity contribution is -0.399. The molecule has 1 atom stereocenters. The lowest BCUT2D eigenvalue weighted by Crippen LogP contribution is -2.18. The van der Waals surface area contributed by atoms with E-state index in [1.807, 2.05) is 42.5 Å². The van der Waals surface area contributed by atoms with E-state index in [4.69, 9.17) is 4.74 Å². The predicted octanol–water partition coefficient (Wildman–Crippen LogP) is 3.65. The van der Waals surface area contributed by atoms with Crippen LogP contribution < -0.4 is 9.75 Å². The second-order valence-electron chi connectivity index (χ2n) is 5.70. The molecule has 1 aliphatic heterocycles. The van der Waals surface area contributed by atoms with E-state index >= 15 is 0 Å². The van der Waals surface area contributed by atoms with Crippen LogP contribution in [0, 0.1) is 0 Å². The van der Waals surface area contributed by atoms with Crippen molar-refractivity contribution >= 4 is 23.3 Å². The Labute approximate surface area is 137 Å². The minimum Gasteiger partial charge on any atom is -0.495 e. The zero-order valence-electron chi connectivity index (χ0n) is 14.0. The SMILES string of the molecule is COc1ccccc1N(C)/N=C/C1=[N+](C)c2ccccc2C1C. The van der Waals surface area contributed by atoms with Gasteiger partial charge in [0.15, 0.2) is 0 Å². The minimum atomic E-state index is 0.339. The maximum Gasteiger partial charge on any atom is 0.209 e. The summed E-state index contributed by atoms with van der Waals surface area (Å²) in [5.74, 6) is 1.15. The van der Waals surface area contributed by atoms with Crippen LogP contribution in [0.15, 0.2) is 53.6 Å². The average molecular weight is 308 g/mol. The Morgan fingerprint density at radius 3 is 2.57 bits per heavy atom. The Morgan fingerprint density at radius 1 is 1.13 bits per heavy atom. The van der Waals surface area contributed by atoms with Gasteiger partial charge in [-0.1, -0.05) is 30.3 Å². The van der Waals surface area contributed by atoms with Crippen LogP contribution in [0.5, 0.6) is 5.75 Å². The van der Waals surface area contributed by atoms with Crippen molar-refractivity contribution in [2.24, 2.45) is 5.10 Å². The van der Waals surface area contributed by atoms with Crippen molar-refractivity contribution in [2.75, 3.05) is 26.2 Å². The molecular formula is C19H22N3O+. The normalized spacial score (nSPS) is 16.8. The fourth-order valence-electron chi connectivity index (χ4n) is 3.05. The summed E-state index contributed by atoms with van der Waals surface area (Å²) in [4.78, 5) is 0. The smallest absolute Gasteiger partial charge is 0.209 e. The molecule has 4 nitrogen and oxygen atoms in total. The van der Waals surface area contributed by atoms with Crippen molar-refractivity contribution in [2.45, 2.75) is 12.8 Å². The number of para-hydroxylation sites is 3. The molecule has 1 aliphatic rings. The summed E-state index contributed by atoms with van der Waals surface area (Å²) >= 11 is 0. The molecule has 2 aromatic rings. The summed E-state index contributed by atoms with van der Waals surface area (Å²) in [6.07, 6.45) is 1.94. The van der Waals surface area contributed by atoms with Gasteiger partial charge in [0, 0.05) is 18.7 Å². The number of ether oxygens (including phenoxy) is 1. The number of anilines is 1. The molecular weight excluding hydrogens is 286 g/mol. The van der Waals surface area contributed by atoms with Crippen LogP contribution in [0.2, 0.25) is 0 Å². The second-order valence-corrected chi connectivity index (χ2v) is 5.70. The molecule has 0 aromatic heterocycles. The monoisotopic (exact) mass is 308 g/mol. The van der Waals surface area contributed by atoms with E-state index < -0.39 is 0 Å². The average Bonchev–Trinajstić information content (AvgIpc) is 2.84. The predicted molar refractivity (Wildman–Crippen MR) is 95.6 cm³/mol. The molecule has 1 unspecified atom stereocenters. The zero-order chi connectivity index (χ0) is 16.4. The van der Waals surface area contributed by atoms with Crippen LogP contribution in [0.1, 0.15) is 18.4 Å². The van der Waals surface area contributed by atoms with Gasteiger partial charge in [-0.15, -0.1) is 0 Å². The maximum atomic E-state index is 5.40. The number of fused-ring (bicyclic) bond motifs is 1. The lowest BCUT2D eigenvalue weighted by atomic mass is 9.99. The van der Waals surface area contributed by atoms with E-state index in [-0.39, 0.29) is 0 Å². The van der Waals surface area contributed by atoms with Crippen molar-refractivity contribution in [1.82, 2.24) is 0 Å². The number of hydrogen-bond donors (Lipinski definition) is 0. The first-order chi connectivity index (χ1) is 11.1. The van der Waals surface area contributed by atoms with Gasteiger partial charge in [-0.2, -0.15) is 9.68 Å². The van der Waals surface area contributed by atoms with Crippen molar-refractivity contribution in [3.63, 3.8) is 0 Å². The highest BCUT2D eigenvalue weighted by Crippen LogP contribution is 2.33. The van der Waals surface area contributed by atoms with E-state index in [0.29, 0.717) is 5.92 Å². The third-order valence-corrected chi connectivity index (χ3v) is 4.39. The van der Waals surface area contributed by atoms with E-state index in [1.165, 1.54) is 17.0 Å². The van der Waals surface area contributed by atoms with E-state index in [1.54, 1.807) is 7.11 Å². The van der Waals surface area contributed by atoms with Gasteiger partial charge < -0.3 is 4.74 Å². The quantitative estimate of drug-likeness (QED) is 0.490. The first-order valence-electron chi connectivity index (χ1n) is 7.73. The van der Waals surface area contributed by atoms with Crippen LogP contribution in [-0.4, -0.2) is 37.7 Å². The molecule has 0 N–H and O–H groups in total. The molecule has 0 aliphatic carbocycles. The molecule has 0 bridgehead atoms. The van der Waals surface area contributed by atoms with Gasteiger partial charge in [0.1, 0.15) is 24.7 Å². The Morgan fingerprint density at radius 2 is 1.83 bits per heavy atom. The van der Waals surface area contributed by atoms with Gasteiger partial charge >= 0.3 is 0 Å². The Bertz CT molecular complexity index is 780. The lowest BCUT2D eigenvalue weighted by Gasteiger charge is -2.15. The minimum absolute atomic E-state index is 0.339. The number of methoxy groups -OCH3 is 1. The van der Waals surface area contributed by atoms with Gasteiger partial charge in [-0.25, -0.2) is 0 Å². The summed E-state index contributed by atoms with van der Waals surface area (Å²) in [6.45, 7) is 2.22. The first-order valence-corrected chi connectivity index (χ1v) is 7.73. The summed E-state index contributed by atoms with van der Waals surface area (Å²) in [7, 11) is 5.70. The molecule has 0 radical (unpaired) electrons. The van der Waals surface area contributed by atoms with Crippen LogP contribution in [0.4, 0.5) is 11.4 Å². The molecule has 0 spiro atoms. The summed E-state index contributed by atoms with van der Waals surface area (Å²) in [5.41, 5.74) is 4.73. The summed E-state index contributed by atoms with van der Waals surface area (Å²) in [6, 6.07) is 16.4. The first kappa shape index (κ1) is 15.3. The molecule has 23 heavy (non-hydrogen) atoms. The third kappa shape index (κ3) is 2.72. The van der Waals surface area contributed by atoms with E-state index in [2.05, 4.69) is 47.9 Å². The Balaban J connectivity index is 1.88. The number of benzene rings is 2. The molecule has 0 saturated heterocycles. The maximum absolute atomic E-state index is 5.40.